The fraction of sp³-hybridized carbons (Fsp3) is 1.00. The number of fused-ring (bicyclic) bond motifs is 3. The van der Waals surface area contributed by atoms with Gasteiger partial charge in [0.15, 0.2) is 0 Å². The van der Waals surface area contributed by atoms with E-state index in [4.69, 9.17) is 0 Å². The van der Waals surface area contributed by atoms with Gasteiger partial charge in [-0.1, -0.05) is 19.8 Å². The van der Waals surface area contributed by atoms with E-state index in [1.807, 2.05) is 0 Å². The first-order chi connectivity index (χ1) is 4.92. The second-order valence-electron chi connectivity index (χ2n) is 3.66. The molecule has 0 aromatic carbocycles. The summed E-state index contributed by atoms with van der Waals surface area (Å²) in [6, 6.07) is 1.97. The monoisotopic (exact) mass is 139 g/mol. The molecule has 0 N–H and O–H groups in total. The predicted molar refractivity (Wildman–Crippen MR) is 43.0 cm³/mol. The van der Waals surface area contributed by atoms with Gasteiger partial charge < -0.3 is 0 Å². The standard InChI is InChI=1S/C9H17N/c1-2-10-8-5-3-4-6-9(10)7-8/h8-9H,2-7H2,1H3. The average Bonchev–Trinajstić information content (AvgIpc) is 2.19. The molecule has 0 radical (unpaired) electrons. The van der Waals surface area contributed by atoms with Crippen molar-refractivity contribution >= 4 is 0 Å². The van der Waals surface area contributed by atoms with Crippen molar-refractivity contribution in [3.05, 3.63) is 0 Å². The van der Waals surface area contributed by atoms with E-state index < -0.39 is 0 Å². The Labute approximate surface area is 63.4 Å². The van der Waals surface area contributed by atoms with Crippen LogP contribution in [-0.4, -0.2) is 23.5 Å². The maximum Gasteiger partial charge on any atom is 0.0113 e. The molecule has 3 rings (SSSR count). The highest BCUT2D eigenvalue weighted by molar-refractivity contribution is 4.93. The molecule has 0 aromatic rings. The van der Waals surface area contributed by atoms with Crippen molar-refractivity contribution in [3.8, 4) is 0 Å². The third kappa shape index (κ3) is 0.878. The fourth-order valence-corrected chi connectivity index (χ4v) is 2.59. The Morgan fingerprint density at radius 3 is 2.30 bits per heavy atom. The van der Waals surface area contributed by atoms with Gasteiger partial charge in [0.05, 0.1) is 0 Å². The van der Waals surface area contributed by atoms with E-state index >= 15 is 0 Å². The molecule has 0 amide bonds. The van der Waals surface area contributed by atoms with Crippen molar-refractivity contribution in [2.45, 2.75) is 51.1 Å². The fourth-order valence-electron chi connectivity index (χ4n) is 2.59. The largest absolute Gasteiger partial charge is 0.298 e. The van der Waals surface area contributed by atoms with Crippen molar-refractivity contribution in [1.29, 1.82) is 0 Å². The minimum Gasteiger partial charge on any atom is -0.298 e. The lowest BCUT2D eigenvalue weighted by Crippen LogP contribution is -2.54. The number of rotatable bonds is 1. The lowest BCUT2D eigenvalue weighted by atomic mass is 9.92. The van der Waals surface area contributed by atoms with Crippen LogP contribution in [0.15, 0.2) is 0 Å². The van der Waals surface area contributed by atoms with Crippen LogP contribution in [0.3, 0.4) is 0 Å². The maximum atomic E-state index is 2.69. The molecule has 58 valence electrons. The van der Waals surface area contributed by atoms with Crippen LogP contribution in [0.1, 0.15) is 39.0 Å². The van der Waals surface area contributed by atoms with Crippen molar-refractivity contribution in [3.63, 3.8) is 0 Å². The van der Waals surface area contributed by atoms with E-state index in [0.717, 1.165) is 12.1 Å². The molecule has 1 heteroatoms. The zero-order chi connectivity index (χ0) is 6.97. The quantitative estimate of drug-likeness (QED) is 0.537. The molecule has 1 saturated carbocycles. The Morgan fingerprint density at radius 1 is 1.20 bits per heavy atom. The molecule has 0 aromatic heterocycles. The Bertz CT molecular complexity index is 106. The molecule has 2 unspecified atom stereocenters. The molecule has 2 saturated heterocycles. The molecule has 3 fully saturated rings. The Morgan fingerprint density at radius 2 is 1.80 bits per heavy atom. The summed E-state index contributed by atoms with van der Waals surface area (Å²) in [5, 5.41) is 0. The molecule has 1 nitrogen and oxygen atoms in total. The summed E-state index contributed by atoms with van der Waals surface area (Å²) in [4.78, 5) is 2.69. The van der Waals surface area contributed by atoms with Gasteiger partial charge in [-0.25, -0.2) is 0 Å². The lowest BCUT2D eigenvalue weighted by Gasteiger charge is -2.46. The van der Waals surface area contributed by atoms with Crippen LogP contribution >= 0.6 is 0 Å². The highest BCUT2D eigenvalue weighted by atomic mass is 15.2. The van der Waals surface area contributed by atoms with Gasteiger partial charge in [0.2, 0.25) is 0 Å². The topological polar surface area (TPSA) is 3.24 Å². The van der Waals surface area contributed by atoms with Gasteiger partial charge in [-0.3, -0.25) is 4.90 Å². The van der Waals surface area contributed by atoms with Gasteiger partial charge in [-0.2, -0.15) is 0 Å². The van der Waals surface area contributed by atoms with Crippen LogP contribution in [-0.2, 0) is 0 Å². The lowest BCUT2D eigenvalue weighted by molar-refractivity contribution is 0.0253. The van der Waals surface area contributed by atoms with Crippen molar-refractivity contribution in [1.82, 2.24) is 4.90 Å². The van der Waals surface area contributed by atoms with Crippen molar-refractivity contribution in [2.75, 3.05) is 6.54 Å². The van der Waals surface area contributed by atoms with Crippen molar-refractivity contribution < 1.29 is 0 Å². The van der Waals surface area contributed by atoms with Gasteiger partial charge in [0.1, 0.15) is 0 Å². The zero-order valence-corrected chi connectivity index (χ0v) is 6.84. The summed E-state index contributed by atoms with van der Waals surface area (Å²) < 4.78 is 0. The Hall–Kier alpha value is -0.0400. The number of hydrogen-bond donors (Lipinski definition) is 0. The van der Waals surface area contributed by atoms with E-state index in [9.17, 15) is 0 Å². The molecule has 1 aliphatic carbocycles. The first kappa shape index (κ1) is 6.66. The minimum atomic E-state index is 0.984. The highest BCUT2D eigenvalue weighted by Crippen LogP contribution is 2.35. The third-order valence-corrected chi connectivity index (χ3v) is 3.17. The summed E-state index contributed by atoms with van der Waals surface area (Å²) in [5.41, 5.74) is 0. The van der Waals surface area contributed by atoms with Gasteiger partial charge in [0, 0.05) is 12.1 Å². The van der Waals surface area contributed by atoms with Crippen LogP contribution in [0.5, 0.6) is 0 Å². The van der Waals surface area contributed by atoms with Gasteiger partial charge >= 0.3 is 0 Å². The van der Waals surface area contributed by atoms with E-state index in [1.165, 1.54) is 38.6 Å². The van der Waals surface area contributed by atoms with E-state index in [1.54, 1.807) is 0 Å². The van der Waals surface area contributed by atoms with Crippen molar-refractivity contribution in [2.24, 2.45) is 0 Å². The van der Waals surface area contributed by atoms with Crippen LogP contribution in [0, 0.1) is 0 Å². The van der Waals surface area contributed by atoms with Gasteiger partial charge in [-0.15, -0.1) is 0 Å². The first-order valence-electron chi connectivity index (χ1n) is 4.67. The summed E-state index contributed by atoms with van der Waals surface area (Å²) in [6.45, 7) is 3.58. The predicted octanol–water partition coefficient (Wildman–Crippen LogP) is 2.02. The summed E-state index contributed by atoms with van der Waals surface area (Å²) in [7, 11) is 0. The van der Waals surface area contributed by atoms with Gasteiger partial charge in [0.25, 0.3) is 0 Å². The van der Waals surface area contributed by atoms with Crippen LogP contribution in [0.2, 0.25) is 0 Å². The molecule has 0 spiro atoms. The molecule has 2 bridgehead atoms. The molecule has 10 heavy (non-hydrogen) atoms. The Kier molecular flexibility index (Phi) is 1.69. The molecule has 2 heterocycles. The second-order valence-corrected chi connectivity index (χ2v) is 3.66. The van der Waals surface area contributed by atoms with E-state index in [-0.39, 0.29) is 0 Å². The molecular formula is C9H17N. The van der Waals surface area contributed by atoms with E-state index in [0.29, 0.717) is 0 Å². The molecule has 2 atom stereocenters. The molecule has 3 aliphatic rings. The molecule has 2 aliphatic heterocycles. The van der Waals surface area contributed by atoms with Crippen LogP contribution in [0.4, 0.5) is 0 Å². The summed E-state index contributed by atoms with van der Waals surface area (Å²) in [5.74, 6) is 0. The van der Waals surface area contributed by atoms with Crippen LogP contribution in [0.25, 0.3) is 0 Å². The normalized spacial score (nSPS) is 40.5. The van der Waals surface area contributed by atoms with E-state index in [2.05, 4.69) is 11.8 Å². The summed E-state index contributed by atoms with van der Waals surface area (Å²) in [6.07, 6.45) is 7.43. The highest BCUT2D eigenvalue weighted by Gasteiger charge is 2.37. The molecular weight excluding hydrogens is 122 g/mol. The maximum absolute atomic E-state index is 2.69. The number of nitrogens with zero attached hydrogens (tertiary/aromatic N) is 1. The Balaban J connectivity index is 1.98. The second kappa shape index (κ2) is 2.54. The number of hydrogen-bond acceptors (Lipinski definition) is 1. The van der Waals surface area contributed by atoms with Gasteiger partial charge in [-0.05, 0) is 25.8 Å². The average molecular weight is 139 g/mol. The SMILES string of the molecule is CCN1C2CCCCC1C2. The zero-order valence-electron chi connectivity index (χ0n) is 6.84. The summed E-state index contributed by atoms with van der Waals surface area (Å²) >= 11 is 0. The minimum absolute atomic E-state index is 0.984. The third-order valence-electron chi connectivity index (χ3n) is 3.17. The van der Waals surface area contributed by atoms with Crippen LogP contribution < -0.4 is 0 Å². The first-order valence-corrected chi connectivity index (χ1v) is 4.67. The smallest absolute Gasteiger partial charge is 0.0113 e.